The minimum Gasteiger partial charge on any atom is -0.367 e. The minimum absolute atomic E-state index is 0.859. The summed E-state index contributed by atoms with van der Waals surface area (Å²) in [5.41, 5.74) is 4.67. The number of aromatic nitrogens is 2. The van der Waals surface area contributed by atoms with Gasteiger partial charge in [-0.15, -0.1) is 0 Å². The number of hydrogen-bond acceptors (Lipinski definition) is 2. The molecule has 1 N–H and O–H groups in total. The van der Waals surface area contributed by atoms with Crippen molar-refractivity contribution in [1.82, 2.24) is 14.9 Å². The van der Waals surface area contributed by atoms with E-state index >= 15 is 0 Å². The number of halogens is 1. The molecule has 4 heteroatoms. The second kappa shape index (κ2) is 6.20. The Kier molecular flexibility index (Phi) is 3.91. The normalized spacial score (nSPS) is 13.2. The second-order valence-corrected chi connectivity index (χ2v) is 6.91. The van der Waals surface area contributed by atoms with Crippen LogP contribution in [-0.4, -0.2) is 14.9 Å². The quantitative estimate of drug-likeness (QED) is 0.633. The third-order valence-corrected chi connectivity index (χ3v) is 4.68. The van der Waals surface area contributed by atoms with Crippen molar-refractivity contribution >= 4 is 28.7 Å². The highest BCUT2D eigenvalue weighted by Gasteiger charge is 2.16. The van der Waals surface area contributed by atoms with E-state index in [1.807, 2.05) is 18.2 Å². The summed E-state index contributed by atoms with van der Waals surface area (Å²) in [5.74, 6) is 0.941. The standard InChI is InChI=1S/C19H16IN3/c20-16-8-6-14(7-9-16)12-23-11-10-17-18(13-23)22-19(21-17)15-4-2-1-3-5-15/h1-11H,12-13H2,(H,21,22). The van der Waals surface area contributed by atoms with Crippen molar-refractivity contribution in [3.8, 4) is 11.4 Å². The zero-order chi connectivity index (χ0) is 15.6. The van der Waals surface area contributed by atoms with Crippen LogP contribution in [0.2, 0.25) is 0 Å². The number of nitrogens with zero attached hydrogens (tertiary/aromatic N) is 2. The predicted octanol–water partition coefficient (Wildman–Crippen LogP) is 4.67. The fraction of sp³-hybridized carbons (Fsp3) is 0.105. The topological polar surface area (TPSA) is 31.9 Å². The number of nitrogens with one attached hydrogen (secondary N) is 1. The van der Waals surface area contributed by atoms with Crippen molar-refractivity contribution in [3.05, 3.63) is 81.3 Å². The van der Waals surface area contributed by atoms with Crippen LogP contribution < -0.4 is 0 Å². The molecule has 1 aliphatic rings. The van der Waals surface area contributed by atoms with Gasteiger partial charge in [0.05, 0.1) is 17.9 Å². The lowest BCUT2D eigenvalue weighted by Crippen LogP contribution is -2.19. The Balaban J connectivity index is 1.53. The molecule has 2 heterocycles. The van der Waals surface area contributed by atoms with E-state index in [4.69, 9.17) is 4.98 Å². The first-order chi connectivity index (χ1) is 11.3. The zero-order valence-electron chi connectivity index (χ0n) is 12.5. The molecular weight excluding hydrogens is 397 g/mol. The first-order valence-corrected chi connectivity index (χ1v) is 8.67. The highest BCUT2D eigenvalue weighted by Crippen LogP contribution is 2.24. The van der Waals surface area contributed by atoms with Crippen molar-refractivity contribution < 1.29 is 0 Å². The van der Waals surface area contributed by atoms with Crippen molar-refractivity contribution in [2.45, 2.75) is 13.1 Å². The average Bonchev–Trinajstić information content (AvgIpc) is 3.01. The third-order valence-electron chi connectivity index (χ3n) is 3.96. The lowest BCUT2D eigenvalue weighted by Gasteiger charge is -2.23. The van der Waals surface area contributed by atoms with Crippen LogP contribution in [-0.2, 0) is 13.1 Å². The minimum atomic E-state index is 0.859. The van der Waals surface area contributed by atoms with Gasteiger partial charge in [0.2, 0.25) is 0 Å². The Hall–Kier alpha value is -2.08. The fourth-order valence-electron chi connectivity index (χ4n) is 2.78. The molecule has 23 heavy (non-hydrogen) atoms. The van der Waals surface area contributed by atoms with E-state index in [1.54, 1.807) is 0 Å². The Labute approximate surface area is 149 Å². The Morgan fingerprint density at radius 2 is 1.83 bits per heavy atom. The molecule has 3 aromatic rings. The molecule has 0 fully saturated rings. The molecule has 114 valence electrons. The molecule has 0 bridgehead atoms. The first-order valence-electron chi connectivity index (χ1n) is 7.59. The SMILES string of the molecule is Ic1ccc(CN2C=Cc3nc(-c4ccccc4)[nH]c3C2)cc1. The van der Waals surface area contributed by atoms with Crippen molar-refractivity contribution in [1.29, 1.82) is 0 Å². The molecule has 1 aliphatic heterocycles. The van der Waals surface area contributed by atoms with E-state index in [2.05, 4.69) is 81.1 Å². The molecule has 0 spiro atoms. The summed E-state index contributed by atoms with van der Waals surface area (Å²) in [4.78, 5) is 10.5. The zero-order valence-corrected chi connectivity index (χ0v) is 14.7. The number of imidazole rings is 1. The number of aromatic amines is 1. The summed E-state index contributed by atoms with van der Waals surface area (Å²) in [6.07, 6.45) is 4.23. The molecular formula is C19H16IN3. The van der Waals surface area contributed by atoms with Gasteiger partial charge >= 0.3 is 0 Å². The van der Waals surface area contributed by atoms with Crippen LogP contribution in [0.15, 0.2) is 60.8 Å². The lowest BCUT2D eigenvalue weighted by atomic mass is 10.2. The van der Waals surface area contributed by atoms with Crippen LogP contribution in [0, 0.1) is 3.57 Å². The number of benzene rings is 2. The number of hydrogen-bond donors (Lipinski definition) is 1. The molecule has 1 aromatic heterocycles. The summed E-state index contributed by atoms with van der Waals surface area (Å²) >= 11 is 2.33. The van der Waals surface area contributed by atoms with Crippen LogP contribution in [0.3, 0.4) is 0 Å². The van der Waals surface area contributed by atoms with Gasteiger partial charge in [0.25, 0.3) is 0 Å². The Bertz CT molecular complexity index is 835. The highest BCUT2D eigenvalue weighted by atomic mass is 127. The van der Waals surface area contributed by atoms with Gasteiger partial charge in [0.15, 0.2) is 0 Å². The average molecular weight is 413 g/mol. The maximum absolute atomic E-state index is 4.70. The third kappa shape index (κ3) is 3.17. The second-order valence-electron chi connectivity index (χ2n) is 5.66. The number of rotatable bonds is 3. The van der Waals surface area contributed by atoms with Crippen LogP contribution in [0.5, 0.6) is 0 Å². The molecule has 3 nitrogen and oxygen atoms in total. The lowest BCUT2D eigenvalue weighted by molar-refractivity contribution is 0.355. The molecule has 0 amide bonds. The Morgan fingerprint density at radius 3 is 2.61 bits per heavy atom. The molecule has 0 aliphatic carbocycles. The van der Waals surface area contributed by atoms with Gasteiger partial charge in [-0.05, 0) is 46.4 Å². The fourth-order valence-corrected chi connectivity index (χ4v) is 3.14. The molecule has 0 saturated heterocycles. The predicted molar refractivity (Wildman–Crippen MR) is 101 cm³/mol. The maximum Gasteiger partial charge on any atom is 0.138 e. The van der Waals surface area contributed by atoms with E-state index in [1.165, 1.54) is 14.8 Å². The maximum atomic E-state index is 4.70. The first kappa shape index (κ1) is 14.5. The van der Waals surface area contributed by atoms with E-state index < -0.39 is 0 Å². The number of fused-ring (bicyclic) bond motifs is 1. The molecule has 2 aromatic carbocycles. The van der Waals surface area contributed by atoms with Gasteiger partial charge in [-0.25, -0.2) is 4.98 Å². The van der Waals surface area contributed by atoms with Gasteiger partial charge in [-0.1, -0.05) is 42.5 Å². The van der Waals surface area contributed by atoms with Crippen molar-refractivity contribution in [2.24, 2.45) is 0 Å². The van der Waals surface area contributed by atoms with Gasteiger partial charge in [0.1, 0.15) is 5.82 Å². The van der Waals surface area contributed by atoms with Crippen LogP contribution in [0.4, 0.5) is 0 Å². The largest absolute Gasteiger partial charge is 0.367 e. The summed E-state index contributed by atoms with van der Waals surface area (Å²) in [5, 5.41) is 0. The van der Waals surface area contributed by atoms with Gasteiger partial charge in [-0.3, -0.25) is 0 Å². The smallest absolute Gasteiger partial charge is 0.138 e. The van der Waals surface area contributed by atoms with E-state index in [9.17, 15) is 0 Å². The summed E-state index contributed by atoms with van der Waals surface area (Å²) < 4.78 is 1.27. The van der Waals surface area contributed by atoms with Gasteiger partial charge in [-0.2, -0.15) is 0 Å². The van der Waals surface area contributed by atoms with Gasteiger partial charge in [0, 0.05) is 21.9 Å². The Morgan fingerprint density at radius 1 is 1.04 bits per heavy atom. The van der Waals surface area contributed by atoms with E-state index in [0.717, 1.165) is 30.2 Å². The van der Waals surface area contributed by atoms with Gasteiger partial charge < -0.3 is 9.88 Å². The monoisotopic (exact) mass is 413 g/mol. The van der Waals surface area contributed by atoms with Crippen molar-refractivity contribution in [2.75, 3.05) is 0 Å². The van der Waals surface area contributed by atoms with E-state index in [-0.39, 0.29) is 0 Å². The number of H-pyrrole nitrogens is 1. The van der Waals surface area contributed by atoms with Crippen LogP contribution in [0.25, 0.3) is 17.5 Å². The molecule has 0 saturated carbocycles. The molecule has 0 radical (unpaired) electrons. The summed E-state index contributed by atoms with van der Waals surface area (Å²) in [6.45, 7) is 1.77. The molecule has 0 unspecified atom stereocenters. The van der Waals surface area contributed by atoms with Crippen LogP contribution in [0.1, 0.15) is 17.0 Å². The van der Waals surface area contributed by atoms with Crippen LogP contribution >= 0.6 is 22.6 Å². The molecule has 4 rings (SSSR count). The molecule has 0 atom stereocenters. The summed E-state index contributed by atoms with van der Waals surface area (Å²) in [7, 11) is 0. The highest BCUT2D eigenvalue weighted by molar-refractivity contribution is 14.1. The summed E-state index contributed by atoms with van der Waals surface area (Å²) in [6, 6.07) is 18.9. The van der Waals surface area contributed by atoms with Crippen molar-refractivity contribution in [3.63, 3.8) is 0 Å². The van der Waals surface area contributed by atoms with E-state index in [0.29, 0.717) is 0 Å².